The Hall–Kier alpha value is -2.35. The number of anilines is 1. The van der Waals surface area contributed by atoms with E-state index >= 15 is 0 Å². The molecule has 0 unspecified atom stereocenters. The van der Waals surface area contributed by atoms with Crippen molar-refractivity contribution < 1.29 is 18.0 Å². The Kier molecular flexibility index (Phi) is 5.75. The molecule has 1 aliphatic carbocycles. The van der Waals surface area contributed by atoms with Crippen LogP contribution in [0.3, 0.4) is 0 Å². The lowest BCUT2D eigenvalue weighted by molar-refractivity contribution is -0.136. The highest BCUT2D eigenvalue weighted by Gasteiger charge is 2.46. The number of benzene rings is 1. The quantitative estimate of drug-likeness (QED) is 0.744. The Bertz CT molecular complexity index is 1030. The van der Waals surface area contributed by atoms with Crippen molar-refractivity contribution in [1.82, 2.24) is 15.2 Å². The van der Waals surface area contributed by atoms with Gasteiger partial charge in [0.05, 0.1) is 11.1 Å². The van der Waals surface area contributed by atoms with Gasteiger partial charge in [-0.2, -0.15) is 13.2 Å². The van der Waals surface area contributed by atoms with Crippen molar-refractivity contribution in [3.8, 4) is 0 Å². The molecule has 178 valence electrons. The van der Waals surface area contributed by atoms with E-state index < -0.39 is 11.7 Å². The molecule has 1 amide bonds. The minimum atomic E-state index is -4.45. The molecular weight excluding hydrogens is 429 g/mol. The molecule has 1 saturated carbocycles. The van der Waals surface area contributed by atoms with E-state index in [4.69, 9.17) is 0 Å². The molecule has 2 aromatic rings. The van der Waals surface area contributed by atoms with Crippen molar-refractivity contribution in [2.45, 2.75) is 38.4 Å². The van der Waals surface area contributed by atoms with Crippen molar-refractivity contribution in [2.75, 3.05) is 38.1 Å². The van der Waals surface area contributed by atoms with Crippen LogP contribution in [0.5, 0.6) is 0 Å². The van der Waals surface area contributed by atoms with Crippen LogP contribution < -0.4 is 10.2 Å². The van der Waals surface area contributed by atoms with Gasteiger partial charge in [0.25, 0.3) is 0 Å². The van der Waals surface area contributed by atoms with E-state index in [2.05, 4.69) is 34.1 Å². The minimum absolute atomic E-state index is 0.0159. The summed E-state index contributed by atoms with van der Waals surface area (Å²) in [7, 11) is 2.15. The van der Waals surface area contributed by atoms with E-state index in [0.717, 1.165) is 37.8 Å². The Labute approximate surface area is 192 Å². The summed E-state index contributed by atoms with van der Waals surface area (Å²) in [6.07, 6.45) is -0.353. The van der Waals surface area contributed by atoms with E-state index in [1.54, 1.807) is 18.2 Å². The van der Waals surface area contributed by atoms with Gasteiger partial charge >= 0.3 is 6.18 Å². The molecule has 0 radical (unpaired) electrons. The fraction of sp³-hybridized carbons (Fsp3) is 0.600. The van der Waals surface area contributed by atoms with Gasteiger partial charge in [-0.3, -0.25) is 9.78 Å². The average molecular weight is 461 g/mol. The number of carbonyl (C=O) groups excluding carboxylic acids is 1. The number of amides is 1. The predicted octanol–water partition coefficient (Wildman–Crippen LogP) is 4.17. The third-order valence-electron chi connectivity index (χ3n) is 7.75. The lowest BCUT2D eigenvalue weighted by Crippen LogP contribution is -2.56. The normalized spacial score (nSPS) is 30.2. The van der Waals surface area contributed by atoms with E-state index in [0.29, 0.717) is 42.0 Å². The third-order valence-corrected chi connectivity index (χ3v) is 7.75. The molecule has 5 rings (SSSR count). The van der Waals surface area contributed by atoms with Gasteiger partial charge in [-0.25, -0.2) is 0 Å². The van der Waals surface area contributed by atoms with Crippen molar-refractivity contribution in [1.29, 1.82) is 0 Å². The molecule has 5 atom stereocenters. The lowest BCUT2D eigenvalue weighted by Gasteiger charge is -2.53. The summed E-state index contributed by atoms with van der Waals surface area (Å²) >= 11 is 0. The van der Waals surface area contributed by atoms with Crippen molar-refractivity contribution in [2.24, 2.45) is 23.7 Å². The summed E-state index contributed by atoms with van der Waals surface area (Å²) in [5.41, 5.74) is 0.00437. The Morgan fingerprint density at radius 3 is 2.61 bits per heavy atom. The van der Waals surface area contributed by atoms with Crippen molar-refractivity contribution in [3.63, 3.8) is 0 Å². The number of pyridine rings is 1. The zero-order valence-electron chi connectivity index (χ0n) is 19.1. The Balaban J connectivity index is 1.30. The molecule has 5 nitrogen and oxygen atoms in total. The maximum absolute atomic E-state index is 13.5. The zero-order valence-corrected chi connectivity index (χ0v) is 19.1. The topological polar surface area (TPSA) is 48.5 Å². The van der Waals surface area contributed by atoms with Gasteiger partial charge in [0.15, 0.2) is 0 Å². The molecule has 0 spiro atoms. The van der Waals surface area contributed by atoms with Gasteiger partial charge < -0.3 is 15.1 Å². The molecule has 1 aromatic carbocycles. The smallest absolute Gasteiger partial charge is 0.369 e. The maximum Gasteiger partial charge on any atom is 0.418 e. The van der Waals surface area contributed by atoms with E-state index in [-0.39, 0.29) is 17.5 Å². The van der Waals surface area contributed by atoms with Gasteiger partial charge in [-0.1, -0.05) is 6.92 Å². The molecule has 1 N–H and O–H groups in total. The molecule has 3 aliphatic rings. The van der Waals surface area contributed by atoms with Crippen molar-refractivity contribution >= 4 is 22.5 Å². The van der Waals surface area contributed by atoms with Crippen LogP contribution in [0.15, 0.2) is 30.5 Å². The molecule has 33 heavy (non-hydrogen) atoms. The summed E-state index contributed by atoms with van der Waals surface area (Å²) in [5.74, 6) is 2.18. The van der Waals surface area contributed by atoms with Gasteiger partial charge in [-0.15, -0.1) is 0 Å². The first-order chi connectivity index (χ1) is 15.7. The third kappa shape index (κ3) is 4.42. The van der Waals surface area contributed by atoms with Gasteiger partial charge in [-0.05, 0) is 67.8 Å². The number of hydrogen-bond donors (Lipinski definition) is 1. The summed E-state index contributed by atoms with van der Waals surface area (Å²) in [6.45, 7) is 5.62. The predicted molar refractivity (Wildman–Crippen MR) is 122 cm³/mol. The zero-order chi connectivity index (χ0) is 23.3. The van der Waals surface area contributed by atoms with Gasteiger partial charge in [0.2, 0.25) is 5.91 Å². The fourth-order valence-electron chi connectivity index (χ4n) is 6.37. The van der Waals surface area contributed by atoms with Gasteiger partial charge in [0.1, 0.15) is 0 Å². The monoisotopic (exact) mass is 460 g/mol. The van der Waals surface area contributed by atoms with Crippen LogP contribution in [0.25, 0.3) is 10.9 Å². The van der Waals surface area contributed by atoms with Crippen LogP contribution in [-0.2, 0) is 11.0 Å². The van der Waals surface area contributed by atoms with Crippen LogP contribution in [0, 0.1) is 23.7 Å². The number of fused-ring (bicyclic) bond motifs is 3. The first-order valence-corrected chi connectivity index (χ1v) is 11.9. The molecule has 2 aliphatic heterocycles. The van der Waals surface area contributed by atoms with Crippen LogP contribution in [0.4, 0.5) is 18.9 Å². The highest BCUT2D eigenvalue weighted by Crippen LogP contribution is 2.47. The number of alkyl halides is 3. The minimum Gasteiger partial charge on any atom is -0.369 e. The van der Waals surface area contributed by atoms with Crippen LogP contribution in [-0.4, -0.2) is 55.1 Å². The number of carbonyl (C=O) groups is 1. The highest BCUT2D eigenvalue weighted by atomic mass is 19.4. The van der Waals surface area contributed by atoms with Gasteiger partial charge in [0, 0.05) is 55.9 Å². The number of likely N-dealkylation sites (tertiary alicyclic amines) is 1. The van der Waals surface area contributed by atoms with Crippen LogP contribution in [0.1, 0.15) is 31.7 Å². The second-order valence-electron chi connectivity index (χ2n) is 10.4. The standard InChI is InChI=1S/C25H31F3N4O/c1-15-8-18(30-23(33)10-20-16-9-17(20)13-31(2)12-16)14-32(11-15)22-6-5-21(25(26,27)28)24-19(22)4-3-7-29-24/h3-7,15-18,20H,8-14H2,1-2H3,(H,30,33)/t15-,16-,17+,18+,20-/m0/s1. The molecule has 2 bridgehead atoms. The molecule has 3 fully saturated rings. The average Bonchev–Trinajstić information content (AvgIpc) is 2.75. The number of hydrogen-bond acceptors (Lipinski definition) is 4. The first-order valence-electron chi connectivity index (χ1n) is 11.9. The Morgan fingerprint density at radius 1 is 1.12 bits per heavy atom. The van der Waals surface area contributed by atoms with E-state index in [1.165, 1.54) is 12.6 Å². The SMILES string of the molecule is C[C@H]1C[C@@H](NC(=O)C[C@@H]2[C@@H]3C[C@H]2CN(C)C3)CN(c2ccc(C(F)(F)F)c3ncccc23)C1. The highest BCUT2D eigenvalue weighted by molar-refractivity contribution is 5.94. The molecule has 1 aromatic heterocycles. The number of rotatable bonds is 4. The fourth-order valence-corrected chi connectivity index (χ4v) is 6.37. The summed E-state index contributed by atoms with van der Waals surface area (Å²) in [5, 5.41) is 3.74. The second-order valence-corrected chi connectivity index (χ2v) is 10.4. The van der Waals surface area contributed by atoms with Crippen molar-refractivity contribution in [3.05, 3.63) is 36.0 Å². The maximum atomic E-state index is 13.5. The molecular formula is C25H31F3N4O. The molecule has 2 saturated heterocycles. The first kappa shape index (κ1) is 22.4. The number of halogens is 3. The number of nitrogens with zero attached hydrogens (tertiary/aromatic N) is 3. The number of aromatic nitrogens is 1. The second kappa shape index (κ2) is 8.46. The summed E-state index contributed by atoms with van der Waals surface area (Å²) < 4.78 is 40.5. The molecule has 8 heteroatoms. The largest absolute Gasteiger partial charge is 0.418 e. The lowest BCUT2D eigenvalue weighted by atomic mass is 9.60. The van der Waals surface area contributed by atoms with E-state index in [9.17, 15) is 18.0 Å². The number of nitrogens with one attached hydrogen (secondary N) is 1. The van der Waals surface area contributed by atoms with Crippen LogP contribution in [0.2, 0.25) is 0 Å². The van der Waals surface area contributed by atoms with E-state index in [1.807, 2.05) is 0 Å². The van der Waals surface area contributed by atoms with Crippen LogP contribution >= 0.6 is 0 Å². The summed E-state index contributed by atoms with van der Waals surface area (Å²) in [6, 6.07) is 6.04. The summed E-state index contributed by atoms with van der Waals surface area (Å²) in [4.78, 5) is 21.4. The Morgan fingerprint density at radius 2 is 1.88 bits per heavy atom. The molecule has 3 heterocycles. The number of piperidine rings is 3.